The maximum Gasteiger partial charge on any atom is 0.318 e. The van der Waals surface area contributed by atoms with E-state index in [2.05, 4.69) is 250 Å². The lowest BCUT2D eigenvalue weighted by Crippen LogP contribution is -3.07. The van der Waals surface area contributed by atoms with Crippen molar-refractivity contribution in [1.82, 2.24) is 4.57 Å². The van der Waals surface area contributed by atoms with Crippen LogP contribution >= 0.6 is 0 Å². The van der Waals surface area contributed by atoms with Crippen LogP contribution in [0.5, 0.6) is 0 Å². The van der Waals surface area contributed by atoms with Crippen molar-refractivity contribution in [2.24, 2.45) is 0 Å². The van der Waals surface area contributed by atoms with E-state index in [1.165, 1.54) is 53.9 Å². The average Bonchev–Trinajstić information content (AvgIpc) is 3.86. The van der Waals surface area contributed by atoms with E-state index in [1.807, 2.05) is 0 Å². The summed E-state index contributed by atoms with van der Waals surface area (Å²) in [6, 6.07) is 87.6. The summed E-state index contributed by atoms with van der Waals surface area (Å²) >= 11 is 0. The second-order valence-corrected chi connectivity index (χ2v) is 23.3. The lowest BCUT2D eigenvalue weighted by molar-refractivity contribution is 0.669. The van der Waals surface area contributed by atoms with Crippen LogP contribution in [0.25, 0.3) is 49.4 Å². The van der Waals surface area contributed by atoms with Crippen LogP contribution in [0.2, 0.25) is 0 Å². The number of benzene rings is 9. The van der Waals surface area contributed by atoms with Gasteiger partial charge in [0, 0.05) is 38.6 Å². The first-order valence-corrected chi connectivity index (χ1v) is 24.4. The molecule has 0 saturated carbocycles. The molecule has 1 aliphatic rings. The maximum atomic E-state index is 6.47. The van der Waals surface area contributed by atoms with E-state index in [9.17, 15) is 0 Å². The summed E-state index contributed by atoms with van der Waals surface area (Å²) < 4.78 is 14.8. The van der Waals surface area contributed by atoms with Crippen LogP contribution in [-0.4, -0.2) is 21.4 Å². The molecule has 0 bridgehead atoms. The summed E-state index contributed by atoms with van der Waals surface area (Å²) in [4.78, 5) is 0. The van der Waals surface area contributed by atoms with Crippen molar-refractivity contribution < 1.29 is 4.42 Å². The van der Waals surface area contributed by atoms with Gasteiger partial charge in [0.05, 0.1) is 11.0 Å². The molecule has 0 unspecified atom stereocenters. The van der Waals surface area contributed by atoms with Gasteiger partial charge in [-0.1, -0.05) is 176 Å². The molecule has 11 aromatic rings. The minimum Gasteiger partial charge on any atom is -0.456 e. The van der Waals surface area contributed by atoms with Crippen LogP contribution < -0.4 is 29.2 Å². The molecule has 0 spiro atoms. The zero-order valence-corrected chi connectivity index (χ0v) is 34.8. The van der Waals surface area contributed by atoms with Gasteiger partial charge in [0.2, 0.25) is 0 Å². The van der Waals surface area contributed by atoms with E-state index in [1.54, 1.807) is 0 Å². The maximum absolute atomic E-state index is 6.47. The summed E-state index contributed by atoms with van der Waals surface area (Å²) in [5.74, 6) is 0. The van der Waals surface area contributed by atoms with E-state index in [4.69, 9.17) is 4.42 Å². The van der Waals surface area contributed by atoms with Crippen molar-refractivity contribution in [3.05, 3.63) is 237 Å². The number of fused-ring (bicyclic) bond motifs is 6. The number of furan rings is 1. The molecule has 1 saturated heterocycles. The molecule has 3 heterocycles. The highest BCUT2D eigenvalue weighted by molar-refractivity contribution is 7.38. The normalized spacial score (nSPS) is 14.5. The Labute approximate surface area is 350 Å². The quantitative estimate of drug-likeness (QED) is 0.150. The fourth-order valence-corrected chi connectivity index (χ4v) is 25.4. The molecular formula is C54H39N3OSi2. The molecule has 0 N–H and O–H groups in total. The summed E-state index contributed by atoms with van der Waals surface area (Å²) in [7, 11) is -6.38. The molecule has 0 atom stereocenters. The Bertz CT molecular complexity index is 3160. The Balaban J connectivity index is 1.24. The van der Waals surface area contributed by atoms with Gasteiger partial charge < -0.3 is 17.4 Å². The molecule has 4 nitrogen and oxygen atoms in total. The molecule has 60 heavy (non-hydrogen) atoms. The molecule has 0 amide bonds. The van der Waals surface area contributed by atoms with Crippen LogP contribution in [0.15, 0.2) is 241 Å². The topological polar surface area (TPSA) is 24.6 Å². The highest BCUT2D eigenvalue weighted by Crippen LogP contribution is 2.48. The van der Waals surface area contributed by atoms with E-state index in [0.717, 1.165) is 27.6 Å². The predicted molar refractivity (Wildman–Crippen MR) is 255 cm³/mol. The molecule has 1 fully saturated rings. The van der Waals surface area contributed by atoms with Crippen molar-refractivity contribution in [2.75, 3.05) is 8.46 Å². The first-order chi connectivity index (χ1) is 29.8. The second-order valence-electron chi connectivity index (χ2n) is 15.6. The molecule has 0 aliphatic carbocycles. The minimum atomic E-state index is -3.19. The van der Waals surface area contributed by atoms with Gasteiger partial charge in [-0.2, -0.15) is 0 Å². The molecule has 0 radical (unpaired) electrons. The van der Waals surface area contributed by atoms with Gasteiger partial charge in [0.25, 0.3) is 0 Å². The monoisotopic (exact) mass is 801 g/mol. The molecule has 6 heteroatoms. The van der Waals surface area contributed by atoms with Crippen LogP contribution in [0, 0.1) is 0 Å². The Kier molecular flexibility index (Phi) is 7.85. The van der Waals surface area contributed by atoms with E-state index in [-0.39, 0.29) is 0 Å². The van der Waals surface area contributed by atoms with E-state index >= 15 is 0 Å². The van der Waals surface area contributed by atoms with Crippen LogP contribution in [0.3, 0.4) is 0 Å². The third-order valence-electron chi connectivity index (χ3n) is 12.5. The van der Waals surface area contributed by atoms with Crippen LogP contribution in [0.4, 0.5) is 11.4 Å². The third-order valence-corrected chi connectivity index (χ3v) is 24.6. The second kappa shape index (κ2) is 13.6. The van der Waals surface area contributed by atoms with Crippen molar-refractivity contribution in [3.63, 3.8) is 0 Å². The molecule has 9 aromatic carbocycles. The number of rotatable bonds is 7. The third kappa shape index (κ3) is 4.83. The van der Waals surface area contributed by atoms with Gasteiger partial charge >= 0.3 is 16.8 Å². The Morgan fingerprint density at radius 3 is 1.23 bits per heavy atom. The van der Waals surface area contributed by atoms with Gasteiger partial charge in [-0.05, 0) is 81.4 Å². The number of nitrogens with zero attached hydrogens (tertiary/aromatic N) is 3. The number of hydrogen-bond donors (Lipinski definition) is 0. The van der Waals surface area contributed by atoms with Crippen molar-refractivity contribution >= 4 is 92.7 Å². The van der Waals surface area contributed by atoms with Gasteiger partial charge in [-0.15, -0.1) is 0 Å². The number of aromatic nitrogens is 1. The van der Waals surface area contributed by atoms with Crippen LogP contribution in [0.1, 0.15) is 0 Å². The van der Waals surface area contributed by atoms with E-state index < -0.39 is 16.8 Å². The highest BCUT2D eigenvalue weighted by atomic mass is 28.5. The number of anilines is 2. The lowest BCUT2D eigenvalue weighted by Gasteiger charge is -2.73. The van der Waals surface area contributed by atoms with Gasteiger partial charge in [0.15, 0.2) is 0 Å². The predicted octanol–water partition coefficient (Wildman–Crippen LogP) is 10.5. The minimum absolute atomic E-state index is 0.899. The molecule has 284 valence electrons. The zero-order chi connectivity index (χ0) is 39.7. The average molecular weight is 802 g/mol. The zero-order valence-electron chi connectivity index (χ0n) is 32.8. The van der Waals surface area contributed by atoms with Crippen molar-refractivity contribution in [2.45, 2.75) is 0 Å². The fourth-order valence-electron chi connectivity index (χ4n) is 10.2. The SMILES string of the molecule is c1ccc(-n2c3ccccc3c3cc(N4[Si](c5ccccc5)(c5ccccc5)N(c5ccc6oc7ccccc7c6c5)[Si]4(c4ccccc4)c4ccccc4)ccc32)cc1. The smallest absolute Gasteiger partial charge is 0.318 e. The summed E-state index contributed by atoms with van der Waals surface area (Å²) in [5.41, 5.74) is 7.78. The number of hydrogen-bond acceptors (Lipinski definition) is 3. The van der Waals surface area contributed by atoms with Gasteiger partial charge in [-0.25, -0.2) is 0 Å². The first-order valence-electron chi connectivity index (χ1n) is 20.6. The fraction of sp³-hybridized carbons (Fsp3) is 0. The molecule has 2 aromatic heterocycles. The Hall–Kier alpha value is -7.39. The first kappa shape index (κ1) is 34.6. The van der Waals surface area contributed by atoms with Gasteiger partial charge in [0.1, 0.15) is 11.2 Å². The molecule has 12 rings (SSSR count). The Morgan fingerprint density at radius 1 is 0.283 bits per heavy atom. The van der Waals surface area contributed by atoms with Crippen LogP contribution in [-0.2, 0) is 0 Å². The Morgan fingerprint density at radius 2 is 0.683 bits per heavy atom. The summed E-state index contributed by atoms with van der Waals surface area (Å²) in [6.45, 7) is 0. The largest absolute Gasteiger partial charge is 0.456 e. The van der Waals surface area contributed by atoms with Crippen molar-refractivity contribution in [3.8, 4) is 5.69 Å². The molecular weight excluding hydrogens is 763 g/mol. The lowest BCUT2D eigenvalue weighted by atomic mass is 10.1. The highest BCUT2D eigenvalue weighted by Gasteiger charge is 2.75. The summed E-state index contributed by atoms with van der Waals surface area (Å²) in [6.07, 6.45) is 0. The van der Waals surface area contributed by atoms with E-state index in [0.29, 0.717) is 0 Å². The summed E-state index contributed by atoms with van der Waals surface area (Å²) in [5, 5.41) is 10.1. The standard InChI is InChI=1S/C54H39N3OSi2/c1-6-20-40(21-7-1)55-51-32-18-16-30-47(51)49-38-41(34-36-52(49)55)56-59(43-22-8-2-9-23-43,44-24-10-3-11-25-44)57(42-35-37-54-50(39-42)48-31-17-19-33-53(48)58-54)60(56,45-26-12-4-13-27-45)46-28-14-5-15-29-46/h1-39H. The number of para-hydroxylation sites is 3. The molecule has 1 aliphatic heterocycles. The van der Waals surface area contributed by atoms with Gasteiger partial charge in [-0.3, -0.25) is 0 Å². The van der Waals surface area contributed by atoms with Crippen molar-refractivity contribution in [1.29, 1.82) is 0 Å².